The number of carbonyl (C=O) groups excluding carboxylic acids is 1. The number of carbonyl (C=O) groups is 1. The Bertz CT molecular complexity index is 510. The van der Waals surface area contributed by atoms with E-state index in [2.05, 4.69) is 33.5 Å². The maximum absolute atomic E-state index is 12.8. The summed E-state index contributed by atoms with van der Waals surface area (Å²) in [5.74, 6) is 0.124. The van der Waals surface area contributed by atoms with Crippen LogP contribution in [-0.2, 0) is 4.79 Å². The normalized spacial score (nSPS) is 21.9. The van der Waals surface area contributed by atoms with Crippen molar-refractivity contribution in [2.45, 2.75) is 26.2 Å². The fraction of sp³-hybridized carbons (Fsp3) is 0.562. The Morgan fingerprint density at radius 1 is 1.48 bits per heavy atom. The van der Waals surface area contributed by atoms with Crippen LogP contribution in [0.3, 0.4) is 0 Å². The number of halogens is 1. The molecule has 1 aliphatic rings. The van der Waals surface area contributed by atoms with Crippen molar-refractivity contribution in [1.29, 1.82) is 0 Å². The largest absolute Gasteiger partial charge is 0.376 e. The summed E-state index contributed by atoms with van der Waals surface area (Å²) >= 11 is 3.48. The van der Waals surface area contributed by atoms with Crippen LogP contribution in [0.5, 0.6) is 0 Å². The van der Waals surface area contributed by atoms with E-state index in [1.54, 1.807) is 0 Å². The summed E-state index contributed by atoms with van der Waals surface area (Å²) in [6.07, 6.45) is 2.87. The Labute approximate surface area is 135 Å². The van der Waals surface area contributed by atoms with Crippen molar-refractivity contribution in [2.75, 3.05) is 37.4 Å². The van der Waals surface area contributed by atoms with E-state index in [0.29, 0.717) is 0 Å². The average molecular weight is 354 g/mol. The topological polar surface area (TPSA) is 44.4 Å². The second kappa shape index (κ2) is 6.79. The van der Waals surface area contributed by atoms with E-state index in [-0.39, 0.29) is 11.3 Å². The first-order valence-corrected chi connectivity index (χ1v) is 8.27. The number of amides is 1. The molecule has 0 aliphatic carbocycles. The maximum Gasteiger partial charge on any atom is 0.231 e. The summed E-state index contributed by atoms with van der Waals surface area (Å²) < 4.78 is 0.968. The van der Waals surface area contributed by atoms with Crippen LogP contribution in [0.4, 0.5) is 11.4 Å². The van der Waals surface area contributed by atoms with Crippen LogP contribution in [0, 0.1) is 5.41 Å². The van der Waals surface area contributed by atoms with Crippen LogP contribution in [0.2, 0.25) is 0 Å². The van der Waals surface area contributed by atoms with Gasteiger partial charge < -0.3 is 15.5 Å². The van der Waals surface area contributed by atoms with Crippen molar-refractivity contribution >= 4 is 33.2 Å². The van der Waals surface area contributed by atoms with E-state index in [9.17, 15) is 4.79 Å². The molecule has 0 radical (unpaired) electrons. The lowest BCUT2D eigenvalue weighted by Crippen LogP contribution is -2.47. The smallest absolute Gasteiger partial charge is 0.231 e. The van der Waals surface area contributed by atoms with Crippen LogP contribution in [-0.4, -0.2) is 33.1 Å². The summed E-state index contributed by atoms with van der Waals surface area (Å²) in [7, 11) is 3.97. The van der Waals surface area contributed by atoms with Gasteiger partial charge in [-0.2, -0.15) is 0 Å². The van der Waals surface area contributed by atoms with Gasteiger partial charge in [0.25, 0.3) is 0 Å². The highest BCUT2D eigenvalue weighted by Gasteiger charge is 2.38. The molecule has 21 heavy (non-hydrogen) atoms. The van der Waals surface area contributed by atoms with Gasteiger partial charge in [0, 0.05) is 25.1 Å². The van der Waals surface area contributed by atoms with Crippen LogP contribution >= 0.6 is 15.9 Å². The quantitative estimate of drug-likeness (QED) is 0.873. The molecule has 1 amide bonds. The summed E-state index contributed by atoms with van der Waals surface area (Å²) in [6.45, 7) is 3.87. The lowest BCUT2D eigenvalue weighted by Gasteiger charge is -2.35. The summed E-state index contributed by atoms with van der Waals surface area (Å²) in [5, 5.41) is 6.51. The number of hydrogen-bond acceptors (Lipinski definition) is 3. The minimum absolute atomic E-state index is 0.124. The molecule has 5 heteroatoms. The van der Waals surface area contributed by atoms with Gasteiger partial charge in [-0.3, -0.25) is 4.79 Å². The first-order chi connectivity index (χ1) is 9.98. The molecule has 1 atom stereocenters. The van der Waals surface area contributed by atoms with Crippen molar-refractivity contribution in [1.82, 2.24) is 5.32 Å². The van der Waals surface area contributed by atoms with Crippen LogP contribution < -0.4 is 15.5 Å². The second-order valence-electron chi connectivity index (χ2n) is 5.92. The molecule has 116 valence electrons. The molecule has 2 N–H and O–H groups in total. The molecule has 1 fully saturated rings. The van der Waals surface area contributed by atoms with Crippen molar-refractivity contribution in [2.24, 2.45) is 5.41 Å². The molecule has 0 bridgehead atoms. The fourth-order valence-corrected chi connectivity index (χ4v) is 3.24. The minimum atomic E-state index is -0.288. The lowest BCUT2D eigenvalue weighted by molar-refractivity contribution is -0.126. The van der Waals surface area contributed by atoms with Gasteiger partial charge in [-0.15, -0.1) is 0 Å². The van der Waals surface area contributed by atoms with E-state index in [1.165, 1.54) is 0 Å². The van der Waals surface area contributed by atoms with Gasteiger partial charge in [-0.05, 0) is 44.0 Å². The average Bonchev–Trinajstić information content (AvgIpc) is 2.47. The maximum atomic E-state index is 12.8. The molecule has 1 unspecified atom stereocenters. The Hall–Kier alpha value is -1.07. The van der Waals surface area contributed by atoms with Gasteiger partial charge in [0.15, 0.2) is 0 Å². The summed E-state index contributed by atoms with van der Waals surface area (Å²) in [5.41, 5.74) is 1.59. The van der Waals surface area contributed by atoms with E-state index >= 15 is 0 Å². The number of rotatable bonds is 4. The van der Waals surface area contributed by atoms with Gasteiger partial charge >= 0.3 is 0 Å². The molecule has 1 aromatic rings. The van der Waals surface area contributed by atoms with Crippen molar-refractivity contribution in [3.05, 3.63) is 22.7 Å². The van der Waals surface area contributed by atoms with E-state index in [0.717, 1.165) is 48.2 Å². The Morgan fingerprint density at radius 3 is 2.81 bits per heavy atom. The highest BCUT2D eigenvalue weighted by molar-refractivity contribution is 9.10. The van der Waals surface area contributed by atoms with Crippen molar-refractivity contribution in [3.63, 3.8) is 0 Å². The van der Waals surface area contributed by atoms with Gasteiger partial charge in [-0.25, -0.2) is 0 Å². The number of anilines is 2. The molecule has 0 spiro atoms. The van der Waals surface area contributed by atoms with Crippen molar-refractivity contribution < 1.29 is 4.79 Å². The number of benzene rings is 1. The summed E-state index contributed by atoms with van der Waals surface area (Å²) in [6, 6.07) is 5.97. The Balaban J connectivity index is 2.24. The molecular weight excluding hydrogens is 330 g/mol. The van der Waals surface area contributed by atoms with E-state index in [1.807, 2.05) is 37.2 Å². The number of nitrogens with zero attached hydrogens (tertiary/aromatic N) is 1. The molecule has 0 saturated carbocycles. The predicted octanol–water partition coefficient (Wildman–Crippen LogP) is 3.23. The van der Waals surface area contributed by atoms with Gasteiger partial charge in [0.1, 0.15) is 0 Å². The Morgan fingerprint density at radius 2 is 2.24 bits per heavy atom. The number of nitrogens with one attached hydrogen (secondary N) is 2. The molecule has 1 aromatic carbocycles. The third-order valence-corrected chi connectivity index (χ3v) is 4.81. The van der Waals surface area contributed by atoms with Crippen LogP contribution in [0.25, 0.3) is 0 Å². The highest BCUT2D eigenvalue weighted by atomic mass is 79.9. The number of hydrogen-bond donors (Lipinski definition) is 2. The lowest BCUT2D eigenvalue weighted by atomic mass is 9.77. The standard InChI is InChI=1S/C16H24BrN3O/c1-4-16(8-5-9-18-11-16)15(21)19-13-10-12(17)6-7-14(13)20(2)3/h6-7,10,18H,4-5,8-9,11H2,1-3H3,(H,19,21). The Kier molecular flexibility index (Phi) is 5.27. The van der Waals surface area contributed by atoms with Crippen LogP contribution in [0.1, 0.15) is 26.2 Å². The zero-order valence-corrected chi connectivity index (χ0v) is 14.6. The molecule has 0 aromatic heterocycles. The summed E-state index contributed by atoms with van der Waals surface area (Å²) in [4.78, 5) is 14.8. The van der Waals surface area contributed by atoms with Crippen molar-refractivity contribution in [3.8, 4) is 0 Å². The molecule has 1 heterocycles. The first kappa shape index (κ1) is 16.3. The van der Waals surface area contributed by atoms with E-state index in [4.69, 9.17) is 0 Å². The fourth-order valence-electron chi connectivity index (χ4n) is 2.88. The zero-order valence-electron chi connectivity index (χ0n) is 13.0. The SMILES string of the molecule is CCC1(C(=O)Nc2cc(Br)ccc2N(C)C)CCCNC1. The molecule has 1 aliphatic heterocycles. The first-order valence-electron chi connectivity index (χ1n) is 7.47. The van der Waals surface area contributed by atoms with Gasteiger partial charge in [-0.1, -0.05) is 22.9 Å². The third-order valence-electron chi connectivity index (χ3n) is 4.32. The molecule has 4 nitrogen and oxygen atoms in total. The monoisotopic (exact) mass is 353 g/mol. The predicted molar refractivity (Wildman–Crippen MR) is 91.9 cm³/mol. The third kappa shape index (κ3) is 3.58. The highest BCUT2D eigenvalue weighted by Crippen LogP contribution is 2.34. The zero-order chi connectivity index (χ0) is 15.5. The van der Waals surface area contributed by atoms with Gasteiger partial charge in [0.05, 0.1) is 16.8 Å². The number of piperidine rings is 1. The van der Waals surface area contributed by atoms with E-state index < -0.39 is 0 Å². The molecule has 2 rings (SSSR count). The van der Waals surface area contributed by atoms with Gasteiger partial charge in [0.2, 0.25) is 5.91 Å². The van der Waals surface area contributed by atoms with Crippen LogP contribution in [0.15, 0.2) is 22.7 Å². The minimum Gasteiger partial charge on any atom is -0.376 e. The molecular formula is C16H24BrN3O. The second-order valence-corrected chi connectivity index (χ2v) is 6.84. The molecule has 1 saturated heterocycles.